The van der Waals surface area contributed by atoms with Crippen LogP contribution < -0.4 is 11.1 Å². The SMILES string of the molecule is Cc1cc(Nc2nc(CCN)cn3ccnc23)sn1. The molecule has 6 nitrogen and oxygen atoms in total. The fraction of sp³-hybridized carbons (Fsp3) is 0.250. The molecular weight excluding hydrogens is 260 g/mol. The van der Waals surface area contributed by atoms with Crippen molar-refractivity contribution < 1.29 is 0 Å². The van der Waals surface area contributed by atoms with Gasteiger partial charge in [0, 0.05) is 25.0 Å². The summed E-state index contributed by atoms with van der Waals surface area (Å²) >= 11 is 1.41. The molecule has 0 unspecified atom stereocenters. The van der Waals surface area contributed by atoms with Crippen LogP contribution in [-0.2, 0) is 6.42 Å². The van der Waals surface area contributed by atoms with Crippen LogP contribution in [0.15, 0.2) is 24.7 Å². The van der Waals surface area contributed by atoms with Gasteiger partial charge in [0.05, 0.1) is 11.4 Å². The summed E-state index contributed by atoms with van der Waals surface area (Å²) in [5.74, 6) is 0.736. The number of nitrogens with one attached hydrogen (secondary N) is 1. The lowest BCUT2D eigenvalue weighted by atomic mass is 10.3. The Bertz CT molecular complexity index is 701. The van der Waals surface area contributed by atoms with Gasteiger partial charge in [0.1, 0.15) is 5.00 Å². The van der Waals surface area contributed by atoms with Crippen LogP contribution in [0.3, 0.4) is 0 Å². The number of rotatable bonds is 4. The van der Waals surface area contributed by atoms with Crippen molar-refractivity contribution in [1.29, 1.82) is 0 Å². The minimum Gasteiger partial charge on any atom is -0.330 e. The number of fused-ring (bicyclic) bond motifs is 1. The van der Waals surface area contributed by atoms with Gasteiger partial charge in [0.25, 0.3) is 0 Å². The molecule has 0 fully saturated rings. The van der Waals surface area contributed by atoms with Crippen LogP contribution in [0.2, 0.25) is 0 Å². The Labute approximate surface area is 114 Å². The molecule has 0 amide bonds. The second-order valence-corrected chi connectivity index (χ2v) is 5.04. The maximum absolute atomic E-state index is 5.59. The van der Waals surface area contributed by atoms with Gasteiger partial charge in [-0.15, -0.1) is 0 Å². The van der Waals surface area contributed by atoms with Crippen LogP contribution >= 0.6 is 11.5 Å². The first kappa shape index (κ1) is 12.1. The first-order chi connectivity index (χ1) is 9.26. The summed E-state index contributed by atoms with van der Waals surface area (Å²) in [4.78, 5) is 8.89. The molecule has 3 rings (SSSR count). The van der Waals surface area contributed by atoms with Crippen LogP contribution in [0.1, 0.15) is 11.4 Å². The maximum atomic E-state index is 5.59. The summed E-state index contributed by atoms with van der Waals surface area (Å²) in [6.45, 7) is 2.54. The molecule has 98 valence electrons. The lowest BCUT2D eigenvalue weighted by Gasteiger charge is -2.07. The molecule has 0 saturated carbocycles. The predicted molar refractivity (Wildman–Crippen MR) is 75.9 cm³/mol. The molecule has 3 aromatic heterocycles. The summed E-state index contributed by atoms with van der Waals surface area (Å²) < 4.78 is 6.20. The topological polar surface area (TPSA) is 81.1 Å². The van der Waals surface area contributed by atoms with Crippen LogP contribution in [0.25, 0.3) is 5.65 Å². The standard InChI is InChI=1S/C12H14N6S/c1-8-6-10(19-17-8)16-11-12-14-4-5-18(12)7-9(15-11)2-3-13/h4-7H,2-3,13H2,1H3,(H,15,16). The van der Waals surface area contributed by atoms with Crippen LogP contribution in [0.5, 0.6) is 0 Å². The van der Waals surface area contributed by atoms with E-state index in [9.17, 15) is 0 Å². The number of aromatic nitrogens is 4. The van der Waals surface area contributed by atoms with Crippen molar-refractivity contribution >= 4 is 28.0 Å². The third kappa shape index (κ3) is 2.42. The first-order valence-electron chi connectivity index (χ1n) is 5.99. The van der Waals surface area contributed by atoms with Crippen LogP contribution in [-0.4, -0.2) is 25.3 Å². The fourth-order valence-electron chi connectivity index (χ4n) is 1.88. The van der Waals surface area contributed by atoms with Crippen LogP contribution in [0.4, 0.5) is 10.8 Å². The summed E-state index contributed by atoms with van der Waals surface area (Å²) in [5.41, 5.74) is 8.32. The summed E-state index contributed by atoms with van der Waals surface area (Å²) in [6, 6.07) is 1.99. The van der Waals surface area contributed by atoms with Gasteiger partial charge < -0.3 is 15.5 Å². The zero-order valence-electron chi connectivity index (χ0n) is 10.5. The molecule has 0 saturated heterocycles. The van der Waals surface area contributed by atoms with E-state index in [0.29, 0.717) is 6.54 Å². The van der Waals surface area contributed by atoms with Crippen molar-refractivity contribution in [3.8, 4) is 0 Å². The molecule has 0 aromatic carbocycles. The second kappa shape index (κ2) is 4.94. The Kier molecular flexibility index (Phi) is 3.14. The van der Waals surface area contributed by atoms with Crippen molar-refractivity contribution in [1.82, 2.24) is 18.7 Å². The molecule has 3 N–H and O–H groups in total. The normalized spacial score (nSPS) is 11.1. The number of nitrogens with zero attached hydrogens (tertiary/aromatic N) is 4. The van der Waals surface area contributed by atoms with E-state index >= 15 is 0 Å². The molecule has 0 aliphatic heterocycles. The van der Waals surface area contributed by atoms with E-state index in [1.54, 1.807) is 6.20 Å². The van der Waals surface area contributed by atoms with Gasteiger partial charge in [-0.05, 0) is 31.1 Å². The molecule has 0 atom stereocenters. The van der Waals surface area contributed by atoms with E-state index in [2.05, 4.69) is 19.7 Å². The fourth-order valence-corrected chi connectivity index (χ4v) is 2.54. The monoisotopic (exact) mass is 274 g/mol. The number of hydrogen-bond acceptors (Lipinski definition) is 6. The molecule has 0 radical (unpaired) electrons. The van der Waals surface area contributed by atoms with Gasteiger partial charge in [-0.3, -0.25) is 0 Å². The summed E-state index contributed by atoms with van der Waals surface area (Å²) in [5, 5.41) is 4.23. The molecule has 19 heavy (non-hydrogen) atoms. The molecule has 0 aliphatic rings. The molecule has 0 aliphatic carbocycles. The van der Waals surface area contributed by atoms with E-state index in [1.165, 1.54) is 11.5 Å². The highest BCUT2D eigenvalue weighted by Gasteiger charge is 2.09. The van der Waals surface area contributed by atoms with Crippen molar-refractivity contribution in [3.05, 3.63) is 36.0 Å². The van der Waals surface area contributed by atoms with E-state index in [4.69, 9.17) is 5.73 Å². The van der Waals surface area contributed by atoms with Gasteiger partial charge in [-0.2, -0.15) is 4.37 Å². The van der Waals surface area contributed by atoms with Gasteiger partial charge >= 0.3 is 0 Å². The second-order valence-electron chi connectivity index (χ2n) is 4.24. The number of aryl methyl sites for hydroxylation is 1. The molecule has 0 bridgehead atoms. The largest absolute Gasteiger partial charge is 0.330 e. The average molecular weight is 274 g/mol. The third-order valence-electron chi connectivity index (χ3n) is 2.69. The Morgan fingerprint density at radius 3 is 3.11 bits per heavy atom. The number of nitrogens with two attached hydrogens (primary N) is 1. The molecule has 3 aromatic rings. The minimum absolute atomic E-state index is 0.576. The Hall–Kier alpha value is -1.99. The highest BCUT2D eigenvalue weighted by Crippen LogP contribution is 2.23. The Morgan fingerprint density at radius 2 is 2.37 bits per heavy atom. The zero-order chi connectivity index (χ0) is 13.2. The van der Waals surface area contributed by atoms with Crippen LogP contribution in [0, 0.1) is 6.92 Å². The van der Waals surface area contributed by atoms with Gasteiger partial charge in [-0.25, -0.2) is 9.97 Å². The van der Waals surface area contributed by atoms with Crippen molar-refractivity contribution in [2.24, 2.45) is 5.73 Å². The third-order valence-corrected chi connectivity index (χ3v) is 3.49. The smallest absolute Gasteiger partial charge is 0.180 e. The van der Waals surface area contributed by atoms with Crippen molar-refractivity contribution in [3.63, 3.8) is 0 Å². The first-order valence-corrected chi connectivity index (χ1v) is 6.76. The molecule has 3 heterocycles. The van der Waals surface area contributed by atoms with E-state index in [1.807, 2.05) is 29.8 Å². The molecule has 0 spiro atoms. The summed E-state index contributed by atoms with van der Waals surface area (Å²) in [7, 11) is 0. The number of anilines is 2. The molecular formula is C12H14N6S. The maximum Gasteiger partial charge on any atom is 0.180 e. The molecule has 7 heteroatoms. The summed E-state index contributed by atoms with van der Waals surface area (Å²) in [6.07, 6.45) is 6.36. The quantitative estimate of drug-likeness (QED) is 0.757. The van der Waals surface area contributed by atoms with E-state index in [0.717, 1.165) is 34.3 Å². The highest BCUT2D eigenvalue weighted by molar-refractivity contribution is 7.10. The van der Waals surface area contributed by atoms with E-state index in [-0.39, 0.29) is 0 Å². The Morgan fingerprint density at radius 1 is 1.47 bits per heavy atom. The van der Waals surface area contributed by atoms with Gasteiger partial charge in [0.15, 0.2) is 11.5 Å². The lowest BCUT2D eigenvalue weighted by Crippen LogP contribution is -2.07. The Balaban J connectivity index is 2.02. The van der Waals surface area contributed by atoms with E-state index < -0.39 is 0 Å². The van der Waals surface area contributed by atoms with Gasteiger partial charge in [-0.1, -0.05) is 0 Å². The minimum atomic E-state index is 0.576. The predicted octanol–water partition coefficient (Wildman–Crippen LogP) is 1.74. The number of imidazole rings is 1. The average Bonchev–Trinajstić information content (AvgIpc) is 2.99. The zero-order valence-corrected chi connectivity index (χ0v) is 11.3. The highest BCUT2D eigenvalue weighted by atomic mass is 32.1. The number of hydrogen-bond donors (Lipinski definition) is 2. The van der Waals surface area contributed by atoms with Crippen molar-refractivity contribution in [2.75, 3.05) is 11.9 Å². The van der Waals surface area contributed by atoms with Crippen molar-refractivity contribution in [2.45, 2.75) is 13.3 Å². The lowest BCUT2D eigenvalue weighted by molar-refractivity contribution is 0.904. The van der Waals surface area contributed by atoms with Gasteiger partial charge in [0.2, 0.25) is 0 Å².